The maximum Gasteiger partial charge on any atom is 0.201 e. The van der Waals surface area contributed by atoms with Gasteiger partial charge in [0.15, 0.2) is 23.2 Å². The van der Waals surface area contributed by atoms with Gasteiger partial charge in [-0.2, -0.15) is 4.39 Å². The summed E-state index contributed by atoms with van der Waals surface area (Å²) in [5, 5.41) is 0. The molecule has 3 rings (SSSR count). The molecule has 1 nitrogen and oxygen atoms in total. The Balaban J connectivity index is 1.50. The first-order valence-corrected chi connectivity index (χ1v) is 16.6. The minimum Gasteiger partial charge on any atom is -0.490 e. The van der Waals surface area contributed by atoms with E-state index >= 15 is 8.78 Å². The fraction of sp³-hybridized carbons (Fsp3) is 0.667. The van der Waals surface area contributed by atoms with Crippen molar-refractivity contribution in [1.82, 2.24) is 0 Å². The van der Waals surface area contributed by atoms with Crippen LogP contribution in [0.3, 0.4) is 0 Å². The molecule has 0 atom stereocenters. The second-order valence-electron chi connectivity index (χ2n) is 12.2. The lowest BCUT2D eigenvalue weighted by Gasteiger charge is -2.29. The Bertz CT molecular complexity index is 1030. The molecule has 0 spiro atoms. The van der Waals surface area contributed by atoms with Crippen LogP contribution in [0, 0.1) is 29.2 Å². The molecule has 1 saturated carbocycles. The highest BCUT2D eigenvalue weighted by atomic mass is 19.2. The summed E-state index contributed by atoms with van der Waals surface area (Å²) in [5.41, 5.74) is -0.184. The molecule has 0 heterocycles. The Morgan fingerprint density at radius 1 is 0.561 bits per heavy atom. The molecule has 1 aliphatic rings. The lowest BCUT2D eigenvalue weighted by Crippen LogP contribution is -2.15. The van der Waals surface area contributed by atoms with Gasteiger partial charge < -0.3 is 4.74 Å². The summed E-state index contributed by atoms with van der Waals surface area (Å²) in [6.45, 7) is 4.69. The highest BCUT2D eigenvalue weighted by Crippen LogP contribution is 2.41. The molecular weight excluding hydrogens is 524 g/mol. The molecule has 5 heteroatoms. The summed E-state index contributed by atoms with van der Waals surface area (Å²) in [7, 11) is 0. The van der Waals surface area contributed by atoms with E-state index in [0.29, 0.717) is 18.1 Å². The normalized spacial score (nSPS) is 17.2. The Labute approximate surface area is 246 Å². The highest BCUT2D eigenvalue weighted by Gasteiger charge is 2.27. The predicted octanol–water partition coefficient (Wildman–Crippen LogP) is 12.5. The monoisotopic (exact) mass is 576 g/mol. The smallest absolute Gasteiger partial charge is 0.201 e. The number of rotatable bonds is 19. The zero-order chi connectivity index (χ0) is 29.5. The van der Waals surface area contributed by atoms with E-state index in [0.717, 1.165) is 51.4 Å². The molecule has 41 heavy (non-hydrogen) atoms. The molecule has 1 aliphatic carbocycles. The highest BCUT2D eigenvalue weighted by molar-refractivity contribution is 5.66. The number of ether oxygens (including phenoxy) is 1. The van der Waals surface area contributed by atoms with Crippen LogP contribution in [0.2, 0.25) is 0 Å². The maximum atomic E-state index is 15.2. The quantitative estimate of drug-likeness (QED) is 0.119. The second-order valence-corrected chi connectivity index (χ2v) is 12.2. The molecule has 0 bridgehead atoms. The van der Waals surface area contributed by atoms with Gasteiger partial charge in [-0.05, 0) is 61.6 Å². The first kappa shape index (κ1) is 33.5. The zero-order valence-corrected chi connectivity index (χ0v) is 25.5. The van der Waals surface area contributed by atoms with E-state index in [1.54, 1.807) is 6.07 Å². The van der Waals surface area contributed by atoms with Crippen molar-refractivity contribution in [2.45, 2.75) is 142 Å². The van der Waals surface area contributed by atoms with Crippen LogP contribution in [0.1, 0.15) is 147 Å². The van der Waals surface area contributed by atoms with E-state index in [-0.39, 0.29) is 22.8 Å². The van der Waals surface area contributed by atoms with Crippen molar-refractivity contribution in [3.05, 3.63) is 53.1 Å². The molecule has 230 valence electrons. The fourth-order valence-electron chi connectivity index (χ4n) is 6.33. The third kappa shape index (κ3) is 10.3. The molecule has 0 aliphatic heterocycles. The summed E-state index contributed by atoms with van der Waals surface area (Å²) in [6.07, 6.45) is 21.8. The summed E-state index contributed by atoms with van der Waals surface area (Å²) in [4.78, 5) is 0. The summed E-state index contributed by atoms with van der Waals surface area (Å²) in [6, 6.07) is 5.55. The standard InChI is InChI=1S/C36H52F4O/c1-3-5-7-9-11-12-13-15-17-27-18-20-28(21-19-27)29-22-23-30(34(38)33(29)37)31-24-25-32(36(40)35(31)39)41-26-16-14-10-8-6-4-2/h22-25,27-28H,3-21,26H2,1-2H3. The Kier molecular flexibility index (Phi) is 15.1. The number of halogens is 4. The molecule has 0 amide bonds. The molecule has 1 fully saturated rings. The van der Waals surface area contributed by atoms with E-state index in [4.69, 9.17) is 4.74 Å². The maximum absolute atomic E-state index is 15.2. The van der Waals surface area contributed by atoms with Crippen LogP contribution < -0.4 is 4.74 Å². The van der Waals surface area contributed by atoms with Gasteiger partial charge in [-0.25, -0.2) is 13.2 Å². The number of unbranched alkanes of at least 4 members (excludes halogenated alkanes) is 12. The minimum atomic E-state index is -1.21. The third-order valence-corrected chi connectivity index (χ3v) is 8.96. The summed E-state index contributed by atoms with van der Waals surface area (Å²) < 4.78 is 65.6. The van der Waals surface area contributed by atoms with Gasteiger partial charge in [0.2, 0.25) is 5.82 Å². The van der Waals surface area contributed by atoms with Crippen molar-refractivity contribution in [1.29, 1.82) is 0 Å². The van der Waals surface area contributed by atoms with Crippen LogP contribution in [0.15, 0.2) is 24.3 Å². The Hall–Kier alpha value is -2.04. The minimum absolute atomic E-state index is 0.0345. The van der Waals surface area contributed by atoms with Gasteiger partial charge >= 0.3 is 0 Å². The second kappa shape index (κ2) is 18.5. The molecule has 2 aromatic rings. The van der Waals surface area contributed by atoms with Crippen molar-refractivity contribution < 1.29 is 22.3 Å². The van der Waals surface area contributed by atoms with Crippen molar-refractivity contribution in [2.24, 2.45) is 5.92 Å². The first-order valence-electron chi connectivity index (χ1n) is 16.6. The lowest BCUT2D eigenvalue weighted by atomic mass is 9.76. The van der Waals surface area contributed by atoms with E-state index in [9.17, 15) is 8.78 Å². The van der Waals surface area contributed by atoms with E-state index in [2.05, 4.69) is 13.8 Å². The van der Waals surface area contributed by atoms with Crippen LogP contribution in [0.25, 0.3) is 11.1 Å². The van der Waals surface area contributed by atoms with Gasteiger partial charge in [0.05, 0.1) is 6.61 Å². The zero-order valence-electron chi connectivity index (χ0n) is 25.5. The summed E-state index contributed by atoms with van der Waals surface area (Å²) >= 11 is 0. The predicted molar refractivity (Wildman–Crippen MR) is 163 cm³/mol. The van der Waals surface area contributed by atoms with E-state index in [1.165, 1.54) is 88.8 Å². The van der Waals surface area contributed by atoms with Gasteiger partial charge in [-0.1, -0.05) is 116 Å². The fourth-order valence-corrected chi connectivity index (χ4v) is 6.33. The van der Waals surface area contributed by atoms with Crippen molar-refractivity contribution in [3.63, 3.8) is 0 Å². The molecule has 2 aromatic carbocycles. The van der Waals surface area contributed by atoms with Gasteiger partial charge in [-0.3, -0.25) is 0 Å². The first-order chi connectivity index (χ1) is 20.0. The van der Waals surface area contributed by atoms with Crippen molar-refractivity contribution >= 4 is 0 Å². The van der Waals surface area contributed by atoms with Crippen LogP contribution >= 0.6 is 0 Å². The van der Waals surface area contributed by atoms with Gasteiger partial charge in [0, 0.05) is 11.1 Å². The van der Waals surface area contributed by atoms with Crippen LogP contribution in [0.4, 0.5) is 17.6 Å². The third-order valence-electron chi connectivity index (χ3n) is 8.96. The van der Waals surface area contributed by atoms with Crippen LogP contribution in [-0.4, -0.2) is 6.61 Å². The van der Waals surface area contributed by atoms with Crippen molar-refractivity contribution in [2.75, 3.05) is 6.61 Å². The Morgan fingerprint density at radius 2 is 1.07 bits per heavy atom. The van der Waals surface area contributed by atoms with Crippen LogP contribution in [0.5, 0.6) is 5.75 Å². The van der Waals surface area contributed by atoms with Gasteiger partial charge in [0.1, 0.15) is 0 Å². The SMILES string of the molecule is CCCCCCCCCCC1CCC(c2ccc(-c3ccc(OCCCCCCCC)c(F)c3F)c(F)c2F)CC1. The van der Waals surface area contributed by atoms with E-state index < -0.39 is 23.3 Å². The number of hydrogen-bond acceptors (Lipinski definition) is 1. The number of benzene rings is 2. The van der Waals surface area contributed by atoms with Gasteiger partial charge in [-0.15, -0.1) is 0 Å². The van der Waals surface area contributed by atoms with Crippen molar-refractivity contribution in [3.8, 4) is 16.9 Å². The average molecular weight is 577 g/mol. The number of hydrogen-bond donors (Lipinski definition) is 0. The molecule has 0 unspecified atom stereocenters. The largest absolute Gasteiger partial charge is 0.490 e. The van der Waals surface area contributed by atoms with Crippen LogP contribution in [-0.2, 0) is 0 Å². The summed E-state index contributed by atoms with van der Waals surface area (Å²) in [5.74, 6) is -3.98. The molecular formula is C36H52F4O. The molecule has 0 aromatic heterocycles. The molecule has 0 saturated heterocycles. The lowest BCUT2D eigenvalue weighted by molar-refractivity contribution is 0.285. The molecule has 0 N–H and O–H groups in total. The van der Waals surface area contributed by atoms with Gasteiger partial charge in [0.25, 0.3) is 0 Å². The average Bonchev–Trinajstić information content (AvgIpc) is 2.98. The molecule has 0 radical (unpaired) electrons. The topological polar surface area (TPSA) is 9.23 Å². The van der Waals surface area contributed by atoms with E-state index in [1.807, 2.05) is 0 Å². The Morgan fingerprint density at radius 3 is 1.68 bits per heavy atom.